The number of aromatic amines is 1. The lowest BCUT2D eigenvalue weighted by molar-refractivity contribution is -0.136. The molecule has 0 fully saturated rings. The minimum absolute atomic E-state index is 0.0233. The molecule has 2 rings (SSSR count). The second-order valence-corrected chi connectivity index (χ2v) is 4.62. The van der Waals surface area contributed by atoms with E-state index in [2.05, 4.69) is 10.3 Å². The summed E-state index contributed by atoms with van der Waals surface area (Å²) in [4.78, 5) is 37.1. The number of carbonyl (C=O) groups excluding carboxylic acids is 1. The number of benzene rings is 1. The van der Waals surface area contributed by atoms with Crippen molar-refractivity contribution in [1.82, 2.24) is 4.98 Å². The van der Waals surface area contributed by atoms with Gasteiger partial charge in [0, 0.05) is 23.6 Å². The summed E-state index contributed by atoms with van der Waals surface area (Å²) in [6.45, 7) is 1.73. The minimum Gasteiger partial charge on any atom is -0.481 e. The molecule has 0 aliphatic heterocycles. The monoisotopic (exact) mass is 286 g/mol. The molecular formula is C15H14N2O4. The van der Waals surface area contributed by atoms with E-state index < -0.39 is 11.9 Å². The molecule has 0 atom stereocenters. The molecule has 0 saturated carbocycles. The van der Waals surface area contributed by atoms with Gasteiger partial charge in [0.1, 0.15) is 5.56 Å². The first kappa shape index (κ1) is 14.5. The molecule has 0 radical (unpaired) electrons. The van der Waals surface area contributed by atoms with Crippen LogP contribution in [0.1, 0.15) is 21.6 Å². The van der Waals surface area contributed by atoms with E-state index >= 15 is 0 Å². The van der Waals surface area contributed by atoms with Gasteiger partial charge >= 0.3 is 5.97 Å². The van der Waals surface area contributed by atoms with Gasteiger partial charge in [0.05, 0.1) is 6.42 Å². The smallest absolute Gasteiger partial charge is 0.307 e. The number of aliphatic carboxylic acids is 1. The summed E-state index contributed by atoms with van der Waals surface area (Å²) in [6, 6.07) is 7.77. The van der Waals surface area contributed by atoms with Crippen LogP contribution in [-0.4, -0.2) is 22.0 Å². The van der Waals surface area contributed by atoms with Crippen LogP contribution >= 0.6 is 0 Å². The molecule has 2 aromatic rings. The zero-order chi connectivity index (χ0) is 15.4. The van der Waals surface area contributed by atoms with Crippen LogP contribution < -0.4 is 10.7 Å². The highest BCUT2D eigenvalue weighted by Gasteiger charge is 2.10. The average Bonchev–Trinajstić information content (AvgIpc) is 2.40. The van der Waals surface area contributed by atoms with Crippen molar-refractivity contribution >= 4 is 17.6 Å². The third kappa shape index (κ3) is 3.79. The molecule has 1 amide bonds. The summed E-state index contributed by atoms with van der Waals surface area (Å²) in [5.41, 5.74) is 1.47. The van der Waals surface area contributed by atoms with Crippen LogP contribution in [0.3, 0.4) is 0 Å². The zero-order valence-electron chi connectivity index (χ0n) is 11.3. The van der Waals surface area contributed by atoms with Crippen LogP contribution in [-0.2, 0) is 11.2 Å². The van der Waals surface area contributed by atoms with Crippen molar-refractivity contribution in [1.29, 1.82) is 0 Å². The van der Waals surface area contributed by atoms with E-state index in [4.69, 9.17) is 5.11 Å². The number of amides is 1. The van der Waals surface area contributed by atoms with Crippen LogP contribution in [0.5, 0.6) is 0 Å². The van der Waals surface area contributed by atoms with Crippen molar-refractivity contribution in [3.05, 3.63) is 63.6 Å². The maximum absolute atomic E-state index is 12.0. The lowest BCUT2D eigenvalue weighted by atomic mass is 10.1. The topological polar surface area (TPSA) is 99.3 Å². The molecule has 1 aromatic heterocycles. The second kappa shape index (κ2) is 6.04. The van der Waals surface area contributed by atoms with E-state index in [0.717, 1.165) is 0 Å². The first-order valence-electron chi connectivity index (χ1n) is 6.27. The maximum Gasteiger partial charge on any atom is 0.307 e. The van der Waals surface area contributed by atoms with Crippen LogP contribution in [0.25, 0.3) is 0 Å². The van der Waals surface area contributed by atoms with Crippen molar-refractivity contribution in [2.75, 3.05) is 5.32 Å². The standard InChI is InChI=1S/C15H14N2O4/c1-9-6-13(18)12(8-16-9)15(21)17-11-4-2-10(3-5-11)7-14(19)20/h2-6,8H,7H2,1H3,(H,16,18)(H,17,21)(H,19,20). The highest BCUT2D eigenvalue weighted by atomic mass is 16.4. The van der Waals surface area contributed by atoms with Crippen LogP contribution in [0.15, 0.2) is 41.3 Å². The van der Waals surface area contributed by atoms with E-state index in [1.165, 1.54) is 12.3 Å². The van der Waals surface area contributed by atoms with Gasteiger partial charge in [0.25, 0.3) is 5.91 Å². The van der Waals surface area contributed by atoms with E-state index in [-0.39, 0.29) is 17.4 Å². The third-order valence-corrected chi connectivity index (χ3v) is 2.87. The Hall–Kier alpha value is -2.89. The van der Waals surface area contributed by atoms with E-state index in [0.29, 0.717) is 16.9 Å². The van der Waals surface area contributed by atoms with E-state index in [1.807, 2.05) is 0 Å². The lowest BCUT2D eigenvalue weighted by Crippen LogP contribution is -2.21. The Morgan fingerprint density at radius 1 is 1.24 bits per heavy atom. The second-order valence-electron chi connectivity index (χ2n) is 4.62. The van der Waals surface area contributed by atoms with Gasteiger partial charge in [-0.2, -0.15) is 0 Å². The molecule has 6 nitrogen and oxygen atoms in total. The third-order valence-electron chi connectivity index (χ3n) is 2.87. The predicted molar refractivity (Wildman–Crippen MR) is 77.5 cm³/mol. The Morgan fingerprint density at radius 2 is 1.90 bits per heavy atom. The number of pyridine rings is 1. The molecule has 1 aromatic carbocycles. The molecule has 0 unspecified atom stereocenters. The molecule has 0 spiro atoms. The summed E-state index contributed by atoms with van der Waals surface area (Å²) in [6.07, 6.45) is 1.29. The largest absolute Gasteiger partial charge is 0.481 e. The Morgan fingerprint density at radius 3 is 2.48 bits per heavy atom. The fraction of sp³-hybridized carbons (Fsp3) is 0.133. The average molecular weight is 286 g/mol. The summed E-state index contributed by atoms with van der Waals surface area (Å²) >= 11 is 0. The predicted octanol–water partition coefficient (Wildman–Crippen LogP) is 1.56. The van der Waals surface area contributed by atoms with Gasteiger partial charge in [-0.05, 0) is 24.6 Å². The Labute approximate surface area is 120 Å². The van der Waals surface area contributed by atoms with Crippen molar-refractivity contribution < 1.29 is 14.7 Å². The molecule has 108 valence electrons. The number of hydrogen-bond donors (Lipinski definition) is 3. The van der Waals surface area contributed by atoms with Gasteiger partial charge in [-0.15, -0.1) is 0 Å². The number of aromatic nitrogens is 1. The number of carbonyl (C=O) groups is 2. The van der Waals surface area contributed by atoms with Gasteiger partial charge in [-0.3, -0.25) is 14.4 Å². The maximum atomic E-state index is 12.0. The van der Waals surface area contributed by atoms with E-state index in [9.17, 15) is 14.4 Å². The molecule has 1 heterocycles. The van der Waals surface area contributed by atoms with E-state index in [1.54, 1.807) is 31.2 Å². The van der Waals surface area contributed by atoms with Crippen molar-refractivity contribution in [3.8, 4) is 0 Å². The molecular weight excluding hydrogens is 272 g/mol. The van der Waals surface area contributed by atoms with Gasteiger partial charge in [-0.25, -0.2) is 0 Å². The van der Waals surface area contributed by atoms with Gasteiger partial charge in [-0.1, -0.05) is 12.1 Å². The van der Waals surface area contributed by atoms with Gasteiger partial charge in [0.2, 0.25) is 0 Å². The summed E-state index contributed by atoms with van der Waals surface area (Å²) in [5, 5.41) is 11.3. The molecule has 0 saturated heterocycles. The van der Waals surface area contributed by atoms with Crippen molar-refractivity contribution in [2.24, 2.45) is 0 Å². The van der Waals surface area contributed by atoms with Gasteiger partial charge < -0.3 is 15.4 Å². The minimum atomic E-state index is -0.919. The number of carboxylic acids is 1. The van der Waals surface area contributed by atoms with Gasteiger partial charge in [0.15, 0.2) is 5.43 Å². The first-order valence-corrected chi connectivity index (χ1v) is 6.27. The number of rotatable bonds is 4. The summed E-state index contributed by atoms with van der Waals surface area (Å²) in [7, 11) is 0. The fourth-order valence-corrected chi connectivity index (χ4v) is 1.83. The highest BCUT2D eigenvalue weighted by Crippen LogP contribution is 2.11. The molecule has 3 N–H and O–H groups in total. The van der Waals surface area contributed by atoms with Crippen LogP contribution in [0, 0.1) is 6.92 Å². The van der Waals surface area contributed by atoms with Crippen LogP contribution in [0.4, 0.5) is 5.69 Å². The summed E-state index contributed by atoms with van der Waals surface area (Å²) < 4.78 is 0. The number of aryl methyl sites for hydroxylation is 1. The molecule has 0 bridgehead atoms. The number of H-pyrrole nitrogens is 1. The Bertz CT molecular complexity index is 732. The molecule has 21 heavy (non-hydrogen) atoms. The number of nitrogens with one attached hydrogen (secondary N) is 2. The highest BCUT2D eigenvalue weighted by molar-refractivity contribution is 6.03. The molecule has 0 aliphatic carbocycles. The number of hydrogen-bond acceptors (Lipinski definition) is 3. The SMILES string of the molecule is Cc1cc(=O)c(C(=O)Nc2ccc(CC(=O)O)cc2)c[nH]1. The summed E-state index contributed by atoms with van der Waals surface area (Å²) in [5.74, 6) is -1.43. The number of anilines is 1. The van der Waals surface area contributed by atoms with Crippen molar-refractivity contribution in [2.45, 2.75) is 13.3 Å². The normalized spacial score (nSPS) is 10.1. The lowest BCUT2D eigenvalue weighted by Gasteiger charge is -2.06. The van der Waals surface area contributed by atoms with Crippen LogP contribution in [0.2, 0.25) is 0 Å². The first-order chi connectivity index (χ1) is 9.95. The molecule has 6 heteroatoms. The number of carboxylic acid groups (broad SMARTS) is 1. The fourth-order valence-electron chi connectivity index (χ4n) is 1.83. The molecule has 0 aliphatic rings. The van der Waals surface area contributed by atoms with Crippen molar-refractivity contribution in [3.63, 3.8) is 0 Å². The Balaban J connectivity index is 2.12. The zero-order valence-corrected chi connectivity index (χ0v) is 11.3. The quantitative estimate of drug-likeness (QED) is 0.794. The Kier molecular flexibility index (Phi) is 4.18.